The van der Waals surface area contributed by atoms with Crippen molar-refractivity contribution in [3.8, 4) is 0 Å². The summed E-state index contributed by atoms with van der Waals surface area (Å²) in [5, 5.41) is 18.6. The molecule has 0 fully saturated rings. The van der Waals surface area contributed by atoms with Gasteiger partial charge in [0.25, 0.3) is 0 Å². The molecule has 0 heterocycles. The van der Waals surface area contributed by atoms with Crippen molar-refractivity contribution in [1.82, 2.24) is 5.32 Å². The summed E-state index contributed by atoms with van der Waals surface area (Å²) in [6.45, 7) is -0.252. The van der Waals surface area contributed by atoms with E-state index in [1.54, 1.807) is 0 Å². The van der Waals surface area contributed by atoms with Crippen molar-refractivity contribution >= 4 is 12.4 Å². The van der Waals surface area contributed by atoms with Crippen molar-refractivity contribution in [3.63, 3.8) is 0 Å². The summed E-state index contributed by atoms with van der Waals surface area (Å²) in [5.74, 6) is -1.14. The first kappa shape index (κ1) is 8.90. The molecule has 1 amide bonds. The van der Waals surface area contributed by atoms with Gasteiger partial charge in [-0.05, 0) is 0 Å². The van der Waals surface area contributed by atoms with Crippen LogP contribution in [-0.4, -0.2) is 35.2 Å². The van der Waals surface area contributed by atoms with E-state index in [1.165, 1.54) is 0 Å². The van der Waals surface area contributed by atoms with Crippen LogP contribution in [0.2, 0.25) is 0 Å². The molecule has 1 atom stereocenters. The first-order chi connectivity index (χ1) is 4.72. The molecule has 0 aliphatic carbocycles. The lowest BCUT2D eigenvalue weighted by atomic mass is 10.2. The Morgan fingerprint density at radius 1 is 1.70 bits per heavy atom. The number of carbonyl (C=O) groups is 2. The van der Waals surface area contributed by atoms with Gasteiger partial charge in [-0.1, -0.05) is 0 Å². The lowest BCUT2D eigenvalue weighted by Gasteiger charge is -2.07. The Morgan fingerprint density at radius 2 is 2.30 bits per heavy atom. The molecule has 0 rings (SSSR count). The number of rotatable bonds is 5. The van der Waals surface area contributed by atoms with Gasteiger partial charge in [0.2, 0.25) is 6.41 Å². The molecule has 0 aromatic carbocycles. The van der Waals surface area contributed by atoms with Gasteiger partial charge >= 0.3 is 5.97 Å². The highest BCUT2D eigenvalue weighted by Crippen LogP contribution is 1.88. The van der Waals surface area contributed by atoms with Crippen LogP contribution in [0.4, 0.5) is 0 Å². The van der Waals surface area contributed by atoms with Gasteiger partial charge < -0.3 is 15.5 Å². The van der Waals surface area contributed by atoms with Crippen molar-refractivity contribution < 1.29 is 19.8 Å². The molecule has 0 bridgehead atoms. The number of carboxylic acid groups (broad SMARTS) is 1. The Balaban J connectivity index is 3.71. The molecule has 3 N–H and O–H groups in total. The SMILES string of the molecule is O=CNC(CCO)C(=O)O. The second-order valence-corrected chi connectivity index (χ2v) is 1.69. The third-order valence-corrected chi connectivity index (χ3v) is 0.985. The molecule has 58 valence electrons. The fraction of sp³-hybridized carbons (Fsp3) is 0.600. The monoisotopic (exact) mass is 147 g/mol. The highest BCUT2D eigenvalue weighted by atomic mass is 16.4. The first-order valence-electron chi connectivity index (χ1n) is 2.75. The highest BCUT2D eigenvalue weighted by Gasteiger charge is 2.14. The van der Waals surface area contributed by atoms with Crippen LogP contribution in [-0.2, 0) is 9.59 Å². The van der Waals surface area contributed by atoms with Crippen LogP contribution in [0.5, 0.6) is 0 Å². The molecule has 0 radical (unpaired) electrons. The van der Waals surface area contributed by atoms with Gasteiger partial charge in [-0.2, -0.15) is 0 Å². The molecule has 5 heteroatoms. The van der Waals surface area contributed by atoms with Crippen LogP contribution < -0.4 is 5.32 Å². The number of hydrogen-bond donors (Lipinski definition) is 3. The van der Waals surface area contributed by atoms with Crippen LogP contribution in [0.3, 0.4) is 0 Å². The minimum Gasteiger partial charge on any atom is -0.480 e. The molecule has 10 heavy (non-hydrogen) atoms. The van der Waals surface area contributed by atoms with E-state index in [-0.39, 0.29) is 13.0 Å². The fourth-order valence-corrected chi connectivity index (χ4v) is 0.489. The summed E-state index contributed by atoms with van der Waals surface area (Å²) in [6.07, 6.45) is 0.336. The lowest BCUT2D eigenvalue weighted by Crippen LogP contribution is -2.36. The van der Waals surface area contributed by atoms with Gasteiger partial charge in [-0.3, -0.25) is 4.79 Å². The van der Waals surface area contributed by atoms with E-state index in [2.05, 4.69) is 0 Å². The van der Waals surface area contributed by atoms with Crippen molar-refractivity contribution in [3.05, 3.63) is 0 Å². The fourth-order valence-electron chi connectivity index (χ4n) is 0.489. The minimum atomic E-state index is -1.14. The molecule has 0 spiro atoms. The Hall–Kier alpha value is -1.10. The van der Waals surface area contributed by atoms with Gasteiger partial charge in [0.1, 0.15) is 6.04 Å². The van der Waals surface area contributed by atoms with Crippen LogP contribution in [0.1, 0.15) is 6.42 Å². The van der Waals surface area contributed by atoms with E-state index in [0.29, 0.717) is 6.41 Å². The zero-order valence-electron chi connectivity index (χ0n) is 5.28. The molecule has 1 unspecified atom stereocenters. The largest absolute Gasteiger partial charge is 0.480 e. The standard InChI is InChI=1S/C5H9NO4/c7-2-1-4(5(9)10)6-3-8/h3-4,7H,1-2H2,(H,6,8)(H,9,10). The molecule has 5 nitrogen and oxygen atoms in total. The second-order valence-electron chi connectivity index (χ2n) is 1.69. The summed E-state index contributed by atoms with van der Waals surface area (Å²) in [5.41, 5.74) is 0. The topological polar surface area (TPSA) is 86.6 Å². The quantitative estimate of drug-likeness (QED) is 0.416. The van der Waals surface area contributed by atoms with E-state index in [0.717, 1.165) is 0 Å². The van der Waals surface area contributed by atoms with Crippen molar-refractivity contribution in [2.24, 2.45) is 0 Å². The zero-order valence-corrected chi connectivity index (χ0v) is 5.28. The van der Waals surface area contributed by atoms with Crippen LogP contribution in [0, 0.1) is 0 Å². The number of nitrogens with one attached hydrogen (secondary N) is 1. The van der Waals surface area contributed by atoms with Gasteiger partial charge in [-0.15, -0.1) is 0 Å². The third-order valence-electron chi connectivity index (χ3n) is 0.985. The predicted octanol–water partition coefficient (Wildman–Crippen LogP) is -1.43. The van der Waals surface area contributed by atoms with Gasteiger partial charge in [0.05, 0.1) is 0 Å². The molecule has 0 aromatic rings. The molecule has 0 aromatic heterocycles. The zero-order chi connectivity index (χ0) is 7.98. The van der Waals surface area contributed by atoms with Gasteiger partial charge in [-0.25, -0.2) is 4.79 Å². The van der Waals surface area contributed by atoms with Crippen molar-refractivity contribution in [2.45, 2.75) is 12.5 Å². The van der Waals surface area contributed by atoms with Crippen molar-refractivity contribution in [2.75, 3.05) is 6.61 Å². The maximum absolute atomic E-state index is 10.1. The van der Waals surface area contributed by atoms with E-state index >= 15 is 0 Å². The Kier molecular flexibility index (Phi) is 4.23. The molecular formula is C5H9NO4. The van der Waals surface area contributed by atoms with E-state index in [1.807, 2.05) is 5.32 Å². The number of hydrogen-bond acceptors (Lipinski definition) is 3. The number of aliphatic carboxylic acids is 1. The second kappa shape index (κ2) is 4.75. The van der Waals surface area contributed by atoms with Crippen LogP contribution in [0.15, 0.2) is 0 Å². The minimum absolute atomic E-state index is 0.0358. The van der Waals surface area contributed by atoms with E-state index in [9.17, 15) is 9.59 Å². The normalized spacial score (nSPS) is 12.1. The number of aliphatic hydroxyl groups is 1. The summed E-state index contributed by atoms with van der Waals surface area (Å²) in [7, 11) is 0. The van der Waals surface area contributed by atoms with Gasteiger partial charge in [0, 0.05) is 13.0 Å². The Labute approximate surface area is 57.7 Å². The number of aliphatic hydroxyl groups excluding tert-OH is 1. The summed E-state index contributed by atoms with van der Waals surface area (Å²) in [6, 6.07) is -0.970. The molecular weight excluding hydrogens is 138 g/mol. The number of amides is 1. The summed E-state index contributed by atoms with van der Waals surface area (Å²) < 4.78 is 0. The van der Waals surface area contributed by atoms with Crippen molar-refractivity contribution in [1.29, 1.82) is 0 Å². The van der Waals surface area contributed by atoms with Crippen LogP contribution in [0.25, 0.3) is 0 Å². The maximum Gasteiger partial charge on any atom is 0.326 e. The Bertz CT molecular complexity index is 125. The smallest absolute Gasteiger partial charge is 0.326 e. The van der Waals surface area contributed by atoms with Gasteiger partial charge in [0.15, 0.2) is 0 Å². The molecule has 0 saturated carbocycles. The summed E-state index contributed by atoms with van der Waals surface area (Å²) in [4.78, 5) is 19.9. The Morgan fingerprint density at radius 3 is 2.60 bits per heavy atom. The molecule has 0 saturated heterocycles. The average molecular weight is 147 g/mol. The first-order valence-corrected chi connectivity index (χ1v) is 2.75. The average Bonchev–Trinajstić information content (AvgIpc) is 1.87. The van der Waals surface area contributed by atoms with E-state index in [4.69, 9.17) is 10.2 Å². The third kappa shape index (κ3) is 3.03. The number of carboxylic acids is 1. The summed E-state index contributed by atoms with van der Waals surface area (Å²) >= 11 is 0. The number of carbonyl (C=O) groups excluding carboxylic acids is 1. The predicted molar refractivity (Wildman–Crippen MR) is 32.3 cm³/mol. The maximum atomic E-state index is 10.1. The highest BCUT2D eigenvalue weighted by molar-refractivity contribution is 5.76. The molecule has 0 aliphatic heterocycles. The van der Waals surface area contributed by atoms with Crippen LogP contribution >= 0.6 is 0 Å². The lowest BCUT2D eigenvalue weighted by molar-refractivity contribution is -0.141. The van der Waals surface area contributed by atoms with E-state index < -0.39 is 12.0 Å². The molecule has 0 aliphatic rings.